The summed E-state index contributed by atoms with van der Waals surface area (Å²) in [5.74, 6) is -2.70. The van der Waals surface area contributed by atoms with Gasteiger partial charge in [0.25, 0.3) is 0 Å². The van der Waals surface area contributed by atoms with Crippen LogP contribution in [0.1, 0.15) is 38.5 Å². The molecule has 0 bridgehead atoms. The first-order valence-corrected chi connectivity index (χ1v) is 24.7. The maximum Gasteiger partial charge on any atom is 0.441 e. The van der Waals surface area contributed by atoms with Gasteiger partial charge in [-0.3, -0.25) is 0 Å². The molecule has 2 N–H and O–H groups in total. The molecule has 0 amide bonds. The third kappa shape index (κ3) is 18.2. The van der Waals surface area contributed by atoms with Crippen LogP contribution < -0.4 is 9.47 Å². The monoisotopic (exact) mass is 994 g/mol. The maximum absolute atomic E-state index is 14.3. The summed E-state index contributed by atoms with van der Waals surface area (Å²) in [5, 5.41) is 19.2. The molecule has 0 spiro atoms. The van der Waals surface area contributed by atoms with Crippen LogP contribution in [-0.2, 0) is 0 Å². The second kappa shape index (κ2) is 25.6. The molecule has 0 radical (unpaired) electrons. The van der Waals surface area contributed by atoms with Gasteiger partial charge in [-0.15, -0.1) is 0 Å². The molecule has 4 nitrogen and oxygen atoms in total. The second-order valence-electron chi connectivity index (χ2n) is 11.3. The summed E-state index contributed by atoms with van der Waals surface area (Å²) in [6.07, 6.45) is 6.36. The number of hydrogen-bond donors (Lipinski definition) is 2. The van der Waals surface area contributed by atoms with Crippen LogP contribution in [-0.4, -0.2) is 46.7 Å². The molecule has 0 aliphatic carbocycles. The summed E-state index contributed by atoms with van der Waals surface area (Å²) in [7, 11) is 4.61. The normalized spacial score (nSPS) is 11.4. The Hall–Kier alpha value is -1.15. The number of phenolic OH excluding ortho intramolecular Hbond substituents is 2. The lowest BCUT2D eigenvalue weighted by molar-refractivity contribution is -0.0328. The number of thioether (sulfide) groups is 2. The smallest absolute Gasteiger partial charge is 0.441 e. The van der Waals surface area contributed by atoms with Crippen molar-refractivity contribution in [3.63, 3.8) is 0 Å². The van der Waals surface area contributed by atoms with Crippen LogP contribution in [0.5, 0.6) is 23.0 Å². The molecule has 0 heterocycles. The van der Waals surface area contributed by atoms with Crippen LogP contribution >= 0.6 is 113 Å². The third-order valence-corrected chi connectivity index (χ3v) is 15.1. The first-order chi connectivity index (χ1) is 27.0. The van der Waals surface area contributed by atoms with Gasteiger partial charge in [-0.1, -0.05) is 101 Å². The second-order valence-corrected chi connectivity index (χ2v) is 19.5. The van der Waals surface area contributed by atoms with Crippen LogP contribution in [0.15, 0.2) is 68.1 Å². The fourth-order valence-electron chi connectivity index (χ4n) is 4.17. The number of ether oxygens (including phenoxy) is 2. The zero-order chi connectivity index (χ0) is 42.1. The lowest BCUT2D eigenvalue weighted by atomic mass is 10.2. The zero-order valence-electron chi connectivity index (χ0n) is 29.5. The minimum Gasteiger partial charge on any atom is -0.505 e. The number of benzene rings is 4. The quantitative estimate of drug-likeness (QED) is 0.0509. The Kier molecular flexibility index (Phi) is 22.5. The molecule has 4 aromatic rings. The molecule has 0 unspecified atom stereocenters. The molecule has 21 heteroatoms. The summed E-state index contributed by atoms with van der Waals surface area (Å²) < 4.78 is 102. The van der Waals surface area contributed by atoms with Crippen molar-refractivity contribution in [2.24, 2.45) is 0 Å². The molecule has 0 aliphatic heterocycles. The summed E-state index contributed by atoms with van der Waals surface area (Å²) in [6, 6.07) is 9.65. The number of aromatic hydroxyl groups is 2. The van der Waals surface area contributed by atoms with Gasteiger partial charge in [0.2, 0.25) is 0 Å². The number of phenols is 2. The Morgan fingerprint density at radius 1 is 0.509 bits per heavy atom. The third-order valence-electron chi connectivity index (χ3n) is 6.98. The Bertz CT molecular complexity index is 1860. The maximum atomic E-state index is 14.3. The van der Waals surface area contributed by atoms with Gasteiger partial charge in [0.15, 0.2) is 46.3 Å². The molecule has 4 rings (SSSR count). The topological polar surface area (TPSA) is 58.9 Å². The van der Waals surface area contributed by atoms with Gasteiger partial charge >= 0.3 is 5.51 Å². The predicted molar refractivity (Wildman–Crippen MR) is 228 cm³/mol. The van der Waals surface area contributed by atoms with E-state index in [1.807, 2.05) is 0 Å². The van der Waals surface area contributed by atoms with Crippen LogP contribution in [0.4, 0.5) is 30.7 Å². The fourth-order valence-corrected chi connectivity index (χ4v) is 11.1. The Morgan fingerprint density at radius 2 is 0.860 bits per heavy atom. The van der Waals surface area contributed by atoms with E-state index in [0.717, 1.165) is 64.8 Å². The van der Waals surface area contributed by atoms with E-state index in [0.29, 0.717) is 45.5 Å². The van der Waals surface area contributed by atoms with Crippen molar-refractivity contribution in [2.75, 3.05) is 31.0 Å². The highest BCUT2D eigenvalue weighted by Crippen LogP contribution is 2.47. The minimum atomic E-state index is -4.23. The van der Waals surface area contributed by atoms with Gasteiger partial charge in [-0.05, 0) is 99.1 Å². The Morgan fingerprint density at radius 3 is 1.23 bits per heavy atom. The minimum absolute atomic E-state index is 0.00661. The number of unbranched alkanes of at least 4 members (excludes halogenated alkanes) is 4. The van der Waals surface area contributed by atoms with Crippen LogP contribution in [0.25, 0.3) is 0 Å². The van der Waals surface area contributed by atoms with E-state index in [1.54, 1.807) is 11.8 Å². The van der Waals surface area contributed by atoms with E-state index < -0.39 is 40.3 Å². The molecule has 57 heavy (non-hydrogen) atoms. The van der Waals surface area contributed by atoms with Crippen LogP contribution in [0, 0.1) is 23.3 Å². The molecular formula is C36H33Cl4F7O4S6. The fraction of sp³-hybridized carbons (Fsp3) is 0.333. The highest BCUT2D eigenvalue weighted by atomic mass is 35.5. The summed E-state index contributed by atoms with van der Waals surface area (Å²) >= 11 is 25.8. The van der Waals surface area contributed by atoms with E-state index in [4.69, 9.17) is 55.9 Å². The average molecular weight is 997 g/mol. The number of alkyl halides is 3. The van der Waals surface area contributed by atoms with Crippen molar-refractivity contribution in [3.8, 4) is 23.0 Å². The highest BCUT2D eigenvalue weighted by molar-refractivity contribution is 8.77. The number of rotatable bonds is 20. The van der Waals surface area contributed by atoms with Gasteiger partial charge in [-0.25, -0.2) is 17.6 Å². The SMILES string of the molecule is CSCCCCCOc1cc(SSc2cc(OCCCCCSC(F)(F)F)c(F)cc2Cl)c(Cl)cc1F.Oc1cc(SSc2cc(O)c(F)cc2Cl)c(Cl)cc1F. The van der Waals surface area contributed by atoms with Crippen molar-refractivity contribution >= 4 is 113 Å². The van der Waals surface area contributed by atoms with Gasteiger partial charge in [-0.2, -0.15) is 24.9 Å². The molecule has 0 aromatic heterocycles. The number of hydrogen-bond acceptors (Lipinski definition) is 10. The molecule has 0 saturated heterocycles. The Labute approximate surface area is 370 Å². The molecule has 0 saturated carbocycles. The summed E-state index contributed by atoms with van der Waals surface area (Å²) in [5.41, 5.74) is -4.23. The Balaban J connectivity index is 0.000000364. The van der Waals surface area contributed by atoms with Crippen molar-refractivity contribution in [2.45, 2.75) is 63.6 Å². The van der Waals surface area contributed by atoms with Crippen LogP contribution in [0.2, 0.25) is 20.1 Å². The highest BCUT2D eigenvalue weighted by Gasteiger charge is 2.27. The zero-order valence-corrected chi connectivity index (χ0v) is 37.4. The lowest BCUT2D eigenvalue weighted by Gasteiger charge is -2.12. The summed E-state index contributed by atoms with van der Waals surface area (Å²) in [6.45, 7) is 0.560. The van der Waals surface area contributed by atoms with Gasteiger partial charge in [0, 0.05) is 25.3 Å². The summed E-state index contributed by atoms with van der Waals surface area (Å²) in [4.78, 5) is 1.90. The van der Waals surface area contributed by atoms with E-state index in [9.17, 15) is 40.9 Å². The van der Waals surface area contributed by atoms with E-state index in [2.05, 4.69) is 6.26 Å². The first kappa shape index (κ1) is 50.2. The van der Waals surface area contributed by atoms with Gasteiger partial charge in [0.1, 0.15) is 0 Å². The van der Waals surface area contributed by atoms with E-state index in [1.165, 1.54) is 51.9 Å². The standard InChI is InChI=1S/C24H27Cl2F5O2S4.C12H6Cl2F2O2S2/c1-34-10-6-2-4-8-32-20-14-22(16(25)12-18(20)27)36-37-23-15-21(19(28)13-17(23)26)33-9-5-3-7-11-35-24(29,30)31;13-5-1-7(15)9(17)3-11(5)19-20-12-4-10(18)8(16)2-6(12)14/h12-15H,2-11H2,1H3;1-4,17-18H. The average Bonchev–Trinajstić information content (AvgIpc) is 3.13. The van der Waals surface area contributed by atoms with E-state index in [-0.39, 0.29) is 55.7 Å². The van der Waals surface area contributed by atoms with E-state index >= 15 is 0 Å². The van der Waals surface area contributed by atoms with Crippen molar-refractivity contribution in [3.05, 3.63) is 91.9 Å². The number of halogens is 11. The largest absolute Gasteiger partial charge is 0.505 e. The molecule has 314 valence electrons. The molecular weight excluding hydrogens is 964 g/mol. The first-order valence-electron chi connectivity index (χ1n) is 16.5. The lowest BCUT2D eigenvalue weighted by Crippen LogP contribution is -2.02. The molecule has 4 aromatic carbocycles. The van der Waals surface area contributed by atoms with Crippen molar-refractivity contribution in [1.82, 2.24) is 0 Å². The molecule has 0 atom stereocenters. The van der Waals surface area contributed by atoms with Crippen molar-refractivity contribution in [1.29, 1.82) is 0 Å². The van der Waals surface area contributed by atoms with Gasteiger partial charge < -0.3 is 19.7 Å². The predicted octanol–water partition coefficient (Wildman–Crippen LogP) is 16.3. The van der Waals surface area contributed by atoms with Crippen LogP contribution in [0.3, 0.4) is 0 Å². The van der Waals surface area contributed by atoms with Gasteiger partial charge in [0.05, 0.1) is 33.3 Å². The molecule has 0 aliphatic rings. The molecule has 0 fully saturated rings. The van der Waals surface area contributed by atoms with Crippen molar-refractivity contribution < 1.29 is 50.4 Å².